The highest BCUT2D eigenvalue weighted by atomic mass is 35.5. The van der Waals surface area contributed by atoms with Crippen LogP contribution in [0.25, 0.3) is 0 Å². The summed E-state index contributed by atoms with van der Waals surface area (Å²) >= 11 is 11.8. The van der Waals surface area contributed by atoms with Crippen LogP contribution in [0.5, 0.6) is 5.75 Å². The van der Waals surface area contributed by atoms with E-state index < -0.39 is 0 Å². The third kappa shape index (κ3) is 4.39. The van der Waals surface area contributed by atoms with Gasteiger partial charge in [0.15, 0.2) is 0 Å². The maximum absolute atomic E-state index is 12.2. The maximum Gasteiger partial charge on any atom is 0.253 e. The molecule has 0 aromatic heterocycles. The highest BCUT2D eigenvalue weighted by molar-refractivity contribution is 6.36. The number of rotatable bonds is 5. The van der Waals surface area contributed by atoms with E-state index in [0.29, 0.717) is 22.2 Å². The topological polar surface area (TPSA) is 38.3 Å². The number of ether oxygens (including phenoxy) is 1. The number of hydrogen-bond acceptors (Lipinski definition) is 2. The molecule has 1 N–H and O–H groups in total. The van der Waals surface area contributed by atoms with E-state index in [1.165, 1.54) is 0 Å². The van der Waals surface area contributed by atoms with Gasteiger partial charge >= 0.3 is 0 Å². The van der Waals surface area contributed by atoms with Gasteiger partial charge in [-0.3, -0.25) is 4.79 Å². The first-order valence-electron chi connectivity index (χ1n) is 6.91. The van der Waals surface area contributed by atoms with Gasteiger partial charge in [0.2, 0.25) is 0 Å². The molecule has 0 saturated heterocycles. The van der Waals surface area contributed by atoms with Crippen LogP contribution in [0, 0.1) is 6.92 Å². The summed E-state index contributed by atoms with van der Waals surface area (Å²) in [7, 11) is 0. The van der Waals surface area contributed by atoms with Crippen molar-refractivity contribution in [3.05, 3.63) is 63.6 Å². The highest BCUT2D eigenvalue weighted by Crippen LogP contribution is 2.21. The number of benzene rings is 2. The van der Waals surface area contributed by atoms with Crippen LogP contribution < -0.4 is 10.1 Å². The summed E-state index contributed by atoms with van der Waals surface area (Å²) in [6.07, 6.45) is 0. The third-order valence-electron chi connectivity index (χ3n) is 3.14. The zero-order valence-electron chi connectivity index (χ0n) is 12.4. The van der Waals surface area contributed by atoms with Crippen LogP contribution in [0.2, 0.25) is 10.0 Å². The number of amides is 1. The van der Waals surface area contributed by atoms with E-state index >= 15 is 0 Å². The summed E-state index contributed by atoms with van der Waals surface area (Å²) in [5.74, 6) is 0.565. The fourth-order valence-corrected chi connectivity index (χ4v) is 2.44. The van der Waals surface area contributed by atoms with E-state index in [4.69, 9.17) is 27.9 Å². The molecule has 2 aromatic rings. The molecule has 0 fully saturated rings. The van der Waals surface area contributed by atoms with Crippen molar-refractivity contribution >= 4 is 29.1 Å². The Kier molecular flexibility index (Phi) is 5.69. The molecule has 0 spiro atoms. The average Bonchev–Trinajstić information content (AvgIpc) is 2.46. The Hall–Kier alpha value is -1.71. The normalized spacial score (nSPS) is 11.8. The molecule has 116 valence electrons. The lowest BCUT2D eigenvalue weighted by Crippen LogP contribution is -2.37. The van der Waals surface area contributed by atoms with E-state index in [-0.39, 0.29) is 11.9 Å². The molecule has 0 aliphatic heterocycles. The van der Waals surface area contributed by atoms with Crippen molar-refractivity contribution in [2.45, 2.75) is 19.9 Å². The van der Waals surface area contributed by atoms with Crippen LogP contribution in [0.1, 0.15) is 22.8 Å². The van der Waals surface area contributed by atoms with Gasteiger partial charge < -0.3 is 10.1 Å². The minimum atomic E-state index is -0.248. The Morgan fingerprint density at radius 3 is 2.64 bits per heavy atom. The first-order valence-corrected chi connectivity index (χ1v) is 7.67. The van der Waals surface area contributed by atoms with Crippen LogP contribution in [0.4, 0.5) is 0 Å². The lowest BCUT2D eigenvalue weighted by atomic mass is 10.2. The molecule has 0 aliphatic rings. The van der Waals surface area contributed by atoms with Crippen LogP contribution >= 0.6 is 23.2 Å². The van der Waals surface area contributed by atoms with Crippen molar-refractivity contribution in [1.82, 2.24) is 5.32 Å². The second kappa shape index (κ2) is 7.52. The molecule has 0 saturated carbocycles. The van der Waals surface area contributed by atoms with E-state index in [1.807, 2.05) is 38.1 Å². The van der Waals surface area contributed by atoms with Crippen molar-refractivity contribution in [2.75, 3.05) is 6.61 Å². The third-order valence-corrected chi connectivity index (χ3v) is 3.68. The molecule has 2 aromatic carbocycles. The molecule has 0 radical (unpaired) electrons. The number of halogens is 2. The van der Waals surface area contributed by atoms with Crippen molar-refractivity contribution in [3.63, 3.8) is 0 Å². The first-order chi connectivity index (χ1) is 10.5. The maximum atomic E-state index is 12.2. The molecule has 5 heteroatoms. The van der Waals surface area contributed by atoms with E-state index in [9.17, 15) is 4.79 Å². The zero-order valence-corrected chi connectivity index (χ0v) is 13.9. The lowest BCUT2D eigenvalue weighted by molar-refractivity contribution is 0.0927. The van der Waals surface area contributed by atoms with Crippen LogP contribution in [-0.4, -0.2) is 18.6 Å². The number of nitrogens with one attached hydrogen (secondary N) is 1. The van der Waals surface area contributed by atoms with Crippen LogP contribution in [-0.2, 0) is 0 Å². The van der Waals surface area contributed by atoms with Crippen LogP contribution in [0.15, 0.2) is 42.5 Å². The second-order valence-electron chi connectivity index (χ2n) is 5.08. The molecule has 0 unspecified atom stereocenters. The Morgan fingerprint density at radius 2 is 1.95 bits per heavy atom. The smallest absolute Gasteiger partial charge is 0.253 e. The molecule has 0 aliphatic carbocycles. The number of aryl methyl sites for hydroxylation is 1. The van der Waals surface area contributed by atoms with Gasteiger partial charge in [0, 0.05) is 5.02 Å². The molecule has 0 bridgehead atoms. The van der Waals surface area contributed by atoms with Gasteiger partial charge in [-0.1, -0.05) is 41.4 Å². The Bertz CT molecular complexity index is 673. The van der Waals surface area contributed by atoms with E-state index in [0.717, 1.165) is 11.3 Å². The fourth-order valence-electron chi connectivity index (χ4n) is 1.95. The van der Waals surface area contributed by atoms with Gasteiger partial charge in [-0.15, -0.1) is 0 Å². The zero-order chi connectivity index (χ0) is 16.1. The van der Waals surface area contributed by atoms with Gasteiger partial charge in [-0.2, -0.15) is 0 Å². The number of hydrogen-bond donors (Lipinski definition) is 1. The van der Waals surface area contributed by atoms with Crippen molar-refractivity contribution in [3.8, 4) is 5.75 Å². The highest BCUT2D eigenvalue weighted by Gasteiger charge is 2.14. The molecular formula is C17H17Cl2NO2. The largest absolute Gasteiger partial charge is 0.491 e. The summed E-state index contributed by atoms with van der Waals surface area (Å²) in [5, 5.41) is 3.68. The Morgan fingerprint density at radius 1 is 1.23 bits per heavy atom. The Labute approximate surface area is 140 Å². The van der Waals surface area contributed by atoms with Gasteiger partial charge in [-0.25, -0.2) is 0 Å². The van der Waals surface area contributed by atoms with Gasteiger partial charge in [0.25, 0.3) is 5.91 Å². The van der Waals surface area contributed by atoms with Crippen LogP contribution in [0.3, 0.4) is 0 Å². The van der Waals surface area contributed by atoms with Crippen molar-refractivity contribution in [1.29, 1.82) is 0 Å². The predicted molar refractivity (Wildman–Crippen MR) is 90.1 cm³/mol. The van der Waals surface area contributed by atoms with E-state index in [1.54, 1.807) is 18.2 Å². The van der Waals surface area contributed by atoms with E-state index in [2.05, 4.69) is 5.32 Å². The standard InChI is InChI=1S/C17H17Cl2NO2/c1-11-5-3-4-6-16(11)22-10-12(2)20-17(21)14-8-7-13(18)9-15(14)19/h3-9,12H,10H2,1-2H3,(H,20,21)/t12-/m0/s1. The van der Waals surface area contributed by atoms with Gasteiger partial charge in [0.1, 0.15) is 12.4 Å². The monoisotopic (exact) mass is 337 g/mol. The Balaban J connectivity index is 1.93. The van der Waals surface area contributed by atoms with Gasteiger partial charge in [-0.05, 0) is 43.7 Å². The fraction of sp³-hybridized carbons (Fsp3) is 0.235. The number of para-hydroxylation sites is 1. The average molecular weight is 338 g/mol. The van der Waals surface area contributed by atoms with Gasteiger partial charge in [0.05, 0.1) is 16.6 Å². The molecular weight excluding hydrogens is 321 g/mol. The minimum absolute atomic E-state index is 0.154. The summed E-state index contributed by atoms with van der Waals surface area (Å²) in [5.41, 5.74) is 1.45. The SMILES string of the molecule is Cc1ccccc1OC[C@H](C)NC(=O)c1ccc(Cl)cc1Cl. The quantitative estimate of drug-likeness (QED) is 0.872. The summed E-state index contributed by atoms with van der Waals surface area (Å²) in [6.45, 7) is 4.23. The molecule has 3 nitrogen and oxygen atoms in total. The minimum Gasteiger partial charge on any atom is -0.491 e. The first kappa shape index (κ1) is 16.7. The summed E-state index contributed by atoms with van der Waals surface area (Å²) in [6, 6.07) is 12.4. The molecule has 0 heterocycles. The molecule has 1 amide bonds. The molecule has 1 atom stereocenters. The second-order valence-corrected chi connectivity index (χ2v) is 5.92. The predicted octanol–water partition coefficient (Wildman–Crippen LogP) is 4.50. The number of carbonyl (C=O) groups excluding carboxylic acids is 1. The molecule has 2 rings (SSSR count). The van der Waals surface area contributed by atoms with Crippen molar-refractivity contribution < 1.29 is 9.53 Å². The summed E-state index contributed by atoms with van der Waals surface area (Å²) in [4.78, 5) is 12.2. The number of carbonyl (C=O) groups is 1. The lowest BCUT2D eigenvalue weighted by Gasteiger charge is -2.16. The summed E-state index contributed by atoms with van der Waals surface area (Å²) < 4.78 is 5.72. The van der Waals surface area contributed by atoms with Crippen molar-refractivity contribution in [2.24, 2.45) is 0 Å². The molecule has 22 heavy (non-hydrogen) atoms.